The van der Waals surface area contributed by atoms with Crippen LogP contribution >= 0.6 is 11.3 Å². The normalized spacial score (nSPS) is 11.4. The Kier molecular flexibility index (Phi) is 5.96. The predicted molar refractivity (Wildman–Crippen MR) is 98.3 cm³/mol. The van der Waals surface area contributed by atoms with E-state index in [9.17, 15) is 4.79 Å². The molecule has 0 radical (unpaired) electrons. The van der Waals surface area contributed by atoms with Crippen molar-refractivity contribution < 1.29 is 4.79 Å². The van der Waals surface area contributed by atoms with Gasteiger partial charge in [0.05, 0.1) is 30.3 Å². The Bertz CT molecular complexity index is 797. The molecule has 0 atom stereocenters. The third-order valence-corrected chi connectivity index (χ3v) is 5.46. The maximum Gasteiger partial charge on any atom is 0.221 e. The maximum atomic E-state index is 12.4. The molecule has 0 aliphatic carbocycles. The summed E-state index contributed by atoms with van der Waals surface area (Å²) in [6.07, 6.45) is 1.48. The van der Waals surface area contributed by atoms with E-state index in [4.69, 9.17) is 5.26 Å². The molecule has 0 fully saturated rings. The van der Waals surface area contributed by atoms with Gasteiger partial charge in [0.1, 0.15) is 5.01 Å². The highest BCUT2D eigenvalue weighted by atomic mass is 32.1. The number of nitriles is 1. The van der Waals surface area contributed by atoms with E-state index in [2.05, 4.69) is 21.5 Å². The fourth-order valence-electron chi connectivity index (χ4n) is 2.81. The van der Waals surface area contributed by atoms with Crippen LogP contribution in [0.2, 0.25) is 0 Å². The number of rotatable bonds is 7. The number of carbonyl (C=O) groups excluding carboxylic acids is 1. The summed E-state index contributed by atoms with van der Waals surface area (Å²) in [4.78, 5) is 16.9. The summed E-state index contributed by atoms with van der Waals surface area (Å²) in [5.41, 5.74) is 3.56. The van der Waals surface area contributed by atoms with Crippen LogP contribution in [-0.2, 0) is 23.3 Å². The molecular formula is C18H25N5OS. The van der Waals surface area contributed by atoms with Gasteiger partial charge in [-0.2, -0.15) is 10.4 Å². The first-order valence-corrected chi connectivity index (χ1v) is 9.26. The van der Waals surface area contributed by atoms with Crippen molar-refractivity contribution in [2.24, 2.45) is 0 Å². The molecule has 134 valence electrons. The zero-order valence-corrected chi connectivity index (χ0v) is 16.3. The van der Waals surface area contributed by atoms with Crippen LogP contribution in [0.25, 0.3) is 0 Å². The van der Waals surface area contributed by atoms with Gasteiger partial charge >= 0.3 is 0 Å². The molecule has 6 nitrogen and oxygen atoms in total. The smallest absolute Gasteiger partial charge is 0.221 e. The molecule has 0 saturated heterocycles. The quantitative estimate of drug-likeness (QED) is 0.823. The van der Waals surface area contributed by atoms with Gasteiger partial charge in [-0.3, -0.25) is 9.48 Å². The van der Waals surface area contributed by atoms with E-state index in [1.54, 1.807) is 11.3 Å². The standard InChI is InChI=1S/C18H25N5OS/c1-12-11-25-17(20-12)18(4,5)21-16(24)8-7-15-13(2)22-23(14(15)3)10-6-9-19/h11H,6-8,10H2,1-5H3,(H,21,24). The second-order valence-corrected chi connectivity index (χ2v) is 7.61. The Morgan fingerprint density at radius 2 is 2.12 bits per heavy atom. The van der Waals surface area contributed by atoms with Crippen molar-refractivity contribution in [1.29, 1.82) is 5.26 Å². The van der Waals surface area contributed by atoms with Gasteiger partial charge in [-0.05, 0) is 46.6 Å². The third kappa shape index (κ3) is 4.67. The fourth-order valence-corrected chi connectivity index (χ4v) is 3.69. The molecule has 2 aromatic rings. The number of aryl methyl sites for hydroxylation is 3. The predicted octanol–water partition coefficient (Wildman–Crippen LogP) is 3.16. The first-order chi connectivity index (χ1) is 11.7. The van der Waals surface area contributed by atoms with E-state index in [-0.39, 0.29) is 5.91 Å². The van der Waals surface area contributed by atoms with Crippen molar-refractivity contribution in [3.05, 3.63) is 33.0 Å². The number of thiazole rings is 1. The number of hydrogen-bond donors (Lipinski definition) is 1. The summed E-state index contributed by atoms with van der Waals surface area (Å²) < 4.78 is 1.86. The number of nitrogens with zero attached hydrogens (tertiary/aromatic N) is 4. The molecule has 0 unspecified atom stereocenters. The minimum Gasteiger partial charge on any atom is -0.345 e. The largest absolute Gasteiger partial charge is 0.345 e. The highest BCUT2D eigenvalue weighted by Crippen LogP contribution is 2.24. The molecule has 25 heavy (non-hydrogen) atoms. The van der Waals surface area contributed by atoms with Crippen LogP contribution in [0.4, 0.5) is 0 Å². The van der Waals surface area contributed by atoms with E-state index in [0.29, 0.717) is 25.8 Å². The molecule has 0 spiro atoms. The Labute approximate surface area is 152 Å². The summed E-state index contributed by atoms with van der Waals surface area (Å²) in [6, 6.07) is 2.14. The van der Waals surface area contributed by atoms with Crippen LogP contribution in [0.15, 0.2) is 5.38 Å². The minimum atomic E-state index is -0.475. The van der Waals surface area contributed by atoms with Crippen molar-refractivity contribution >= 4 is 17.2 Å². The van der Waals surface area contributed by atoms with Gasteiger partial charge in [-0.15, -0.1) is 11.3 Å². The molecule has 0 saturated carbocycles. The average Bonchev–Trinajstić information content (AvgIpc) is 3.08. The number of hydrogen-bond acceptors (Lipinski definition) is 5. The van der Waals surface area contributed by atoms with Crippen LogP contribution in [0.1, 0.15) is 54.3 Å². The van der Waals surface area contributed by atoms with Gasteiger partial charge in [-0.25, -0.2) is 4.98 Å². The fraction of sp³-hybridized carbons (Fsp3) is 0.556. The van der Waals surface area contributed by atoms with Crippen LogP contribution in [0.5, 0.6) is 0 Å². The van der Waals surface area contributed by atoms with Crippen molar-refractivity contribution in [1.82, 2.24) is 20.1 Å². The summed E-state index contributed by atoms with van der Waals surface area (Å²) >= 11 is 1.56. The van der Waals surface area contributed by atoms with Gasteiger partial charge in [0.15, 0.2) is 0 Å². The molecule has 1 amide bonds. The van der Waals surface area contributed by atoms with Crippen molar-refractivity contribution in [2.75, 3.05) is 0 Å². The van der Waals surface area contributed by atoms with E-state index in [0.717, 1.165) is 27.7 Å². The molecular weight excluding hydrogens is 334 g/mol. The number of carbonyl (C=O) groups is 1. The van der Waals surface area contributed by atoms with Crippen LogP contribution in [0.3, 0.4) is 0 Å². The van der Waals surface area contributed by atoms with E-state index >= 15 is 0 Å². The first kappa shape index (κ1) is 19.1. The van der Waals surface area contributed by atoms with Crippen LogP contribution in [-0.4, -0.2) is 20.7 Å². The van der Waals surface area contributed by atoms with Gasteiger partial charge in [-0.1, -0.05) is 0 Å². The summed E-state index contributed by atoms with van der Waals surface area (Å²) in [7, 11) is 0. The molecule has 7 heteroatoms. The third-order valence-electron chi connectivity index (χ3n) is 4.17. The lowest BCUT2D eigenvalue weighted by Crippen LogP contribution is -2.41. The van der Waals surface area contributed by atoms with E-state index in [1.165, 1.54) is 0 Å². The van der Waals surface area contributed by atoms with Crippen molar-refractivity contribution in [3.63, 3.8) is 0 Å². The molecule has 0 aliphatic heterocycles. The second kappa shape index (κ2) is 7.79. The van der Waals surface area contributed by atoms with Crippen molar-refractivity contribution in [3.8, 4) is 6.07 Å². The highest BCUT2D eigenvalue weighted by molar-refractivity contribution is 7.09. The van der Waals surface area contributed by atoms with Crippen molar-refractivity contribution in [2.45, 2.75) is 66.0 Å². The topological polar surface area (TPSA) is 83.6 Å². The first-order valence-electron chi connectivity index (χ1n) is 8.38. The molecule has 1 N–H and O–H groups in total. The van der Waals surface area contributed by atoms with Gasteiger partial charge in [0.25, 0.3) is 0 Å². The Morgan fingerprint density at radius 1 is 1.40 bits per heavy atom. The lowest BCUT2D eigenvalue weighted by molar-refractivity contribution is -0.122. The summed E-state index contributed by atoms with van der Waals surface area (Å²) in [5, 5.41) is 19.2. The molecule has 2 aromatic heterocycles. The minimum absolute atomic E-state index is 0.00132. The Hall–Kier alpha value is -2.20. The van der Waals surface area contributed by atoms with Gasteiger partial charge < -0.3 is 5.32 Å². The Morgan fingerprint density at radius 3 is 2.72 bits per heavy atom. The lowest BCUT2D eigenvalue weighted by Gasteiger charge is -2.23. The zero-order chi connectivity index (χ0) is 18.6. The van der Waals surface area contributed by atoms with E-state index in [1.807, 2.05) is 44.7 Å². The van der Waals surface area contributed by atoms with Gasteiger partial charge in [0.2, 0.25) is 5.91 Å². The lowest BCUT2D eigenvalue weighted by atomic mass is 10.0. The monoisotopic (exact) mass is 359 g/mol. The highest BCUT2D eigenvalue weighted by Gasteiger charge is 2.26. The Balaban J connectivity index is 1.98. The average molecular weight is 359 g/mol. The van der Waals surface area contributed by atoms with Gasteiger partial charge in [0, 0.05) is 23.2 Å². The maximum absolute atomic E-state index is 12.4. The SMILES string of the molecule is Cc1csc(C(C)(C)NC(=O)CCc2c(C)nn(CCC#N)c2C)n1. The number of nitrogens with one attached hydrogen (secondary N) is 1. The van der Waals surface area contributed by atoms with Crippen LogP contribution in [0, 0.1) is 32.1 Å². The second-order valence-electron chi connectivity index (χ2n) is 6.75. The summed E-state index contributed by atoms with van der Waals surface area (Å²) in [5.74, 6) is 0.00132. The zero-order valence-electron chi connectivity index (χ0n) is 15.5. The molecule has 0 aliphatic rings. The number of aromatic nitrogens is 3. The molecule has 0 bridgehead atoms. The van der Waals surface area contributed by atoms with Crippen LogP contribution < -0.4 is 5.32 Å². The molecule has 2 heterocycles. The van der Waals surface area contributed by atoms with E-state index < -0.39 is 5.54 Å². The molecule has 0 aromatic carbocycles. The molecule has 2 rings (SSSR count). The number of amides is 1. The summed E-state index contributed by atoms with van der Waals surface area (Å²) in [6.45, 7) is 10.4.